The molecule has 278 valence electrons. The molecule has 0 unspecified atom stereocenters. The van der Waals surface area contributed by atoms with E-state index in [9.17, 15) is 0 Å². The highest BCUT2D eigenvalue weighted by Gasteiger charge is 2.59. The maximum atomic E-state index is 5.86. The van der Waals surface area contributed by atoms with Crippen molar-refractivity contribution < 1.29 is 39.8 Å². The molecule has 0 aromatic heterocycles. The van der Waals surface area contributed by atoms with Crippen LogP contribution in [-0.4, -0.2) is 115 Å². The molecule has 0 spiro atoms. The summed E-state index contributed by atoms with van der Waals surface area (Å²) in [7, 11) is 2.56. The largest absolute Gasteiger partial charge is 0.500 e. The fourth-order valence-corrected chi connectivity index (χ4v) is 44.2. The lowest BCUT2D eigenvalue weighted by molar-refractivity contribution is 0.111. The molecular formula is C31H76O9Si6. The highest BCUT2D eigenvalue weighted by molar-refractivity contribution is 7.15. The summed E-state index contributed by atoms with van der Waals surface area (Å²) < 4.78 is 53.2. The minimum absolute atomic E-state index is 0.0876. The van der Waals surface area contributed by atoms with Gasteiger partial charge in [-0.05, 0) is 54.6 Å². The Kier molecular flexibility index (Phi) is 19.9. The lowest BCUT2D eigenvalue weighted by Gasteiger charge is -2.60. The molecule has 0 aliphatic rings. The summed E-state index contributed by atoms with van der Waals surface area (Å²) in [5, 5.41) is 0. The van der Waals surface area contributed by atoms with Crippen LogP contribution in [0.2, 0.25) is 81.3 Å². The molecule has 0 saturated heterocycles. The van der Waals surface area contributed by atoms with Crippen molar-refractivity contribution in [1.29, 1.82) is 0 Å². The van der Waals surface area contributed by atoms with Gasteiger partial charge in [0.15, 0.2) is 0 Å². The van der Waals surface area contributed by atoms with Gasteiger partial charge >= 0.3 is 26.4 Å². The van der Waals surface area contributed by atoms with Crippen molar-refractivity contribution in [1.82, 2.24) is 0 Å². The first-order valence-corrected chi connectivity index (χ1v) is 33.4. The van der Waals surface area contributed by atoms with Gasteiger partial charge in [-0.25, -0.2) is 0 Å². The van der Waals surface area contributed by atoms with Gasteiger partial charge < -0.3 is 39.8 Å². The van der Waals surface area contributed by atoms with E-state index in [0.29, 0.717) is 4.28 Å². The Hall–Kier alpha value is 0.941. The zero-order valence-electron chi connectivity index (χ0n) is 33.5. The Morgan fingerprint density at radius 1 is 0.326 bits per heavy atom. The molecule has 0 N–H and O–H groups in total. The van der Waals surface area contributed by atoms with Crippen LogP contribution in [0.15, 0.2) is 0 Å². The molecule has 0 bridgehead atoms. The maximum Gasteiger partial charge on any atom is 0.500 e. The van der Waals surface area contributed by atoms with Gasteiger partial charge in [-0.15, -0.1) is 0 Å². The Balaban J connectivity index is 7.01. The Morgan fingerprint density at radius 2 is 0.543 bits per heavy atom. The first-order valence-electron chi connectivity index (χ1n) is 17.1. The van der Waals surface area contributed by atoms with Gasteiger partial charge in [-0.3, -0.25) is 0 Å². The molecule has 0 amide bonds. The number of hydrogen-bond acceptors (Lipinski definition) is 9. The highest BCUT2D eigenvalue weighted by atomic mass is 28.5. The summed E-state index contributed by atoms with van der Waals surface area (Å²) in [5.74, 6) is 0. The summed E-state index contributed by atoms with van der Waals surface area (Å²) in [6.45, 7) is 23.8. The minimum Gasteiger partial charge on any atom is -0.377 e. The van der Waals surface area contributed by atoms with Crippen molar-refractivity contribution in [2.24, 2.45) is 5.41 Å². The van der Waals surface area contributed by atoms with Crippen molar-refractivity contribution in [3.63, 3.8) is 0 Å². The van der Waals surface area contributed by atoms with Gasteiger partial charge in [-0.1, -0.05) is 65.3 Å². The Labute approximate surface area is 291 Å². The molecule has 0 aliphatic carbocycles. The number of rotatable bonds is 27. The van der Waals surface area contributed by atoms with E-state index < -0.39 is 50.6 Å². The van der Waals surface area contributed by atoms with Crippen LogP contribution < -0.4 is 0 Å². The summed E-state index contributed by atoms with van der Waals surface area (Å²) in [5.41, 5.74) is 0.0876. The third-order valence-electron chi connectivity index (χ3n) is 11.2. The Bertz CT molecular complexity index is 708. The molecule has 0 saturated carbocycles. The van der Waals surface area contributed by atoms with Gasteiger partial charge in [0, 0.05) is 106 Å². The van der Waals surface area contributed by atoms with Crippen molar-refractivity contribution in [3.8, 4) is 0 Å². The average molecular weight is 761 g/mol. The van der Waals surface area contributed by atoms with E-state index in [2.05, 4.69) is 58.9 Å². The van der Waals surface area contributed by atoms with Crippen molar-refractivity contribution in [2.45, 2.75) is 133 Å². The van der Waals surface area contributed by atoms with Crippen LogP contribution in [0.4, 0.5) is 0 Å². The fraction of sp³-hybridized carbons (Fsp3) is 1.00. The van der Waals surface area contributed by atoms with Crippen LogP contribution in [0, 0.1) is 5.41 Å². The van der Waals surface area contributed by atoms with Gasteiger partial charge in [0.05, 0.1) is 0 Å². The first-order chi connectivity index (χ1) is 21.1. The smallest absolute Gasteiger partial charge is 0.377 e. The second kappa shape index (κ2) is 19.5. The van der Waals surface area contributed by atoms with Gasteiger partial charge in [0.1, 0.15) is 0 Å². The van der Waals surface area contributed by atoms with E-state index in [-0.39, 0.29) is 5.41 Å². The minimum atomic E-state index is -2.71. The summed E-state index contributed by atoms with van der Waals surface area (Å²) in [4.78, 5) is 0. The van der Waals surface area contributed by atoms with Gasteiger partial charge in [0.25, 0.3) is 0 Å². The molecule has 0 heterocycles. The third kappa shape index (κ3) is 11.7. The monoisotopic (exact) mass is 760 g/mol. The van der Waals surface area contributed by atoms with Crippen LogP contribution in [0.5, 0.6) is 0 Å². The lowest BCUT2D eigenvalue weighted by Crippen LogP contribution is -2.65. The summed E-state index contributed by atoms with van der Waals surface area (Å²) in [6.07, 6.45) is 8.62. The van der Waals surface area contributed by atoms with E-state index in [4.69, 9.17) is 39.8 Å². The molecule has 0 atom stereocenters. The fourth-order valence-electron chi connectivity index (χ4n) is 9.41. The molecule has 15 heteroatoms. The SMILES string of the molecule is CO[Si](CCCC(CCC[Si](OC)(OC)OC)(CCC[Si](OC)(OC)OC)CCC([Si](C)(C)C)([Si](C)(C)C)[Si](C)(C)C)(OC)OC. The standard InChI is InChI=1S/C31H76O9Si6/c1-32-44(33-2,34-3)27-19-22-30(23-20-28-45(35-4,36-5)37-6,24-21-29-46(38-7,39-8)40-9)25-26-31(41(10,11)12,42(13,14)15)43(16,17)18/h19-29H2,1-18H3. The molecule has 0 aromatic rings. The van der Waals surface area contributed by atoms with Crippen LogP contribution >= 0.6 is 0 Å². The predicted octanol–water partition coefficient (Wildman–Crippen LogP) is 8.56. The molecular weight excluding hydrogens is 685 g/mol. The third-order valence-corrected chi connectivity index (χ3v) is 41.7. The summed E-state index contributed by atoms with van der Waals surface area (Å²) in [6, 6.07) is 2.37. The van der Waals surface area contributed by atoms with E-state index in [1.54, 1.807) is 64.0 Å². The van der Waals surface area contributed by atoms with Crippen molar-refractivity contribution in [3.05, 3.63) is 0 Å². The quantitative estimate of drug-likeness (QED) is 0.0766. The average Bonchev–Trinajstić information content (AvgIpc) is 2.98. The zero-order chi connectivity index (χ0) is 36.1. The number of hydrogen-bond donors (Lipinski definition) is 0. The van der Waals surface area contributed by atoms with E-state index in [1.165, 1.54) is 12.8 Å². The van der Waals surface area contributed by atoms with Crippen molar-refractivity contribution in [2.75, 3.05) is 64.0 Å². The summed E-state index contributed by atoms with van der Waals surface area (Å²) >= 11 is 0. The topological polar surface area (TPSA) is 83.1 Å². The van der Waals surface area contributed by atoms with Gasteiger partial charge in [-0.2, -0.15) is 0 Å². The maximum absolute atomic E-state index is 5.86. The van der Waals surface area contributed by atoms with Crippen molar-refractivity contribution >= 4 is 50.6 Å². The Morgan fingerprint density at radius 3 is 0.717 bits per heavy atom. The van der Waals surface area contributed by atoms with E-state index in [0.717, 1.165) is 56.7 Å². The lowest BCUT2D eigenvalue weighted by atomic mass is 9.72. The van der Waals surface area contributed by atoms with E-state index >= 15 is 0 Å². The molecule has 9 nitrogen and oxygen atoms in total. The second-order valence-corrected chi connectivity index (χ2v) is 42.9. The van der Waals surface area contributed by atoms with E-state index in [1.807, 2.05) is 0 Å². The predicted molar refractivity (Wildman–Crippen MR) is 207 cm³/mol. The van der Waals surface area contributed by atoms with Crippen LogP contribution in [0.25, 0.3) is 0 Å². The molecule has 0 aromatic carbocycles. The zero-order valence-corrected chi connectivity index (χ0v) is 39.5. The molecule has 0 rings (SSSR count). The second-order valence-electron chi connectivity index (χ2n) is 16.1. The normalized spacial score (nSPS) is 14.7. The highest BCUT2D eigenvalue weighted by Crippen LogP contribution is 2.59. The molecule has 0 radical (unpaired) electrons. The molecule has 46 heavy (non-hydrogen) atoms. The van der Waals surface area contributed by atoms with Gasteiger partial charge in [0.2, 0.25) is 0 Å². The molecule has 0 fully saturated rings. The van der Waals surface area contributed by atoms with Crippen LogP contribution in [0.3, 0.4) is 0 Å². The van der Waals surface area contributed by atoms with Crippen LogP contribution in [-0.2, 0) is 39.8 Å². The first kappa shape index (κ1) is 46.9. The van der Waals surface area contributed by atoms with Crippen LogP contribution in [0.1, 0.15) is 51.4 Å². The molecule has 0 aliphatic heterocycles.